The van der Waals surface area contributed by atoms with Crippen LogP contribution in [0.2, 0.25) is 5.02 Å². The molecule has 1 N–H and O–H groups in total. The number of carbonyl (C=O) groups is 2. The molecule has 3 aromatic carbocycles. The number of halogens is 1. The molecule has 0 aromatic heterocycles. The minimum absolute atomic E-state index is 0.251. The molecule has 2 amide bonds. The van der Waals surface area contributed by atoms with Crippen LogP contribution in [0.15, 0.2) is 66.4 Å². The highest BCUT2D eigenvalue weighted by molar-refractivity contribution is 6.46. The lowest BCUT2D eigenvalue weighted by molar-refractivity contribution is -0.120. The Morgan fingerprint density at radius 1 is 0.818 bits per heavy atom. The molecule has 1 aliphatic rings. The van der Waals surface area contributed by atoms with E-state index in [9.17, 15) is 9.59 Å². The fourth-order valence-corrected chi connectivity index (χ4v) is 4.11. The molecule has 6 heteroatoms. The molecule has 0 saturated carbocycles. The third-order valence-corrected chi connectivity index (χ3v) is 6.21. The summed E-state index contributed by atoms with van der Waals surface area (Å²) in [5, 5.41) is 3.72. The summed E-state index contributed by atoms with van der Waals surface area (Å²) in [4.78, 5) is 30.4. The van der Waals surface area contributed by atoms with E-state index in [1.807, 2.05) is 82.2 Å². The maximum absolute atomic E-state index is 13.7. The minimum atomic E-state index is -0.411. The Bertz CT molecular complexity index is 1290. The molecular formula is C27H26ClN3O2. The van der Waals surface area contributed by atoms with Gasteiger partial charge in [0.15, 0.2) is 0 Å². The van der Waals surface area contributed by atoms with Crippen LogP contribution in [0.3, 0.4) is 0 Å². The van der Waals surface area contributed by atoms with Crippen LogP contribution < -0.4 is 15.1 Å². The highest BCUT2D eigenvalue weighted by atomic mass is 35.5. The van der Waals surface area contributed by atoms with Crippen molar-refractivity contribution in [3.63, 3.8) is 0 Å². The summed E-state index contributed by atoms with van der Waals surface area (Å²) < 4.78 is 0. The van der Waals surface area contributed by atoms with Gasteiger partial charge in [0.2, 0.25) is 0 Å². The molecule has 3 aromatic rings. The highest BCUT2D eigenvalue weighted by Gasteiger charge is 2.40. The van der Waals surface area contributed by atoms with E-state index in [2.05, 4.69) is 5.32 Å². The third kappa shape index (κ3) is 4.24. The van der Waals surface area contributed by atoms with E-state index in [-0.39, 0.29) is 11.6 Å². The average Bonchev–Trinajstić information content (AvgIpc) is 3.00. The fraction of sp³-hybridized carbons (Fsp3) is 0.185. The number of nitrogens with one attached hydrogen (secondary N) is 1. The van der Waals surface area contributed by atoms with Gasteiger partial charge in [-0.15, -0.1) is 0 Å². The zero-order chi connectivity index (χ0) is 23.9. The number of carbonyl (C=O) groups excluding carboxylic acids is 2. The van der Waals surface area contributed by atoms with Crippen LogP contribution in [-0.4, -0.2) is 25.9 Å². The van der Waals surface area contributed by atoms with Gasteiger partial charge in [-0.3, -0.25) is 9.59 Å². The van der Waals surface area contributed by atoms with Crippen LogP contribution in [0.1, 0.15) is 22.3 Å². The van der Waals surface area contributed by atoms with Gasteiger partial charge < -0.3 is 10.2 Å². The van der Waals surface area contributed by atoms with Crippen LogP contribution in [0.5, 0.6) is 0 Å². The number of rotatable bonds is 5. The van der Waals surface area contributed by atoms with Gasteiger partial charge in [0.1, 0.15) is 5.70 Å². The van der Waals surface area contributed by atoms with E-state index in [1.54, 1.807) is 18.2 Å². The number of amides is 2. The summed E-state index contributed by atoms with van der Waals surface area (Å²) in [6.07, 6.45) is 0. The van der Waals surface area contributed by atoms with Gasteiger partial charge in [-0.25, -0.2) is 4.90 Å². The normalized spacial score (nSPS) is 13.7. The Balaban J connectivity index is 1.82. The smallest absolute Gasteiger partial charge is 0.282 e. The maximum atomic E-state index is 13.7. The van der Waals surface area contributed by atoms with Crippen molar-refractivity contribution in [3.05, 3.63) is 93.6 Å². The van der Waals surface area contributed by atoms with Crippen LogP contribution in [0.4, 0.5) is 17.1 Å². The number of imide groups is 1. The van der Waals surface area contributed by atoms with Crippen molar-refractivity contribution in [2.45, 2.75) is 20.8 Å². The Morgan fingerprint density at radius 3 is 2.12 bits per heavy atom. The standard InChI is InChI=1S/C27H26ClN3O2/c1-16-6-13-22(18(3)14-16)24-25(29-19-8-11-20(12-9-19)30(4)5)27(33)31(26(24)32)21-10-7-17(2)23(28)15-21/h6-15,29H,1-5H3. The van der Waals surface area contributed by atoms with E-state index < -0.39 is 5.91 Å². The van der Waals surface area contributed by atoms with Gasteiger partial charge in [-0.1, -0.05) is 41.4 Å². The van der Waals surface area contributed by atoms with Crippen LogP contribution in [0.25, 0.3) is 5.57 Å². The van der Waals surface area contributed by atoms with Crippen molar-refractivity contribution in [1.82, 2.24) is 0 Å². The largest absolute Gasteiger partial charge is 0.378 e. The second kappa shape index (κ2) is 8.75. The van der Waals surface area contributed by atoms with Crippen molar-refractivity contribution >= 4 is 46.1 Å². The van der Waals surface area contributed by atoms with Gasteiger partial charge in [0.05, 0.1) is 11.3 Å². The number of nitrogens with zero attached hydrogens (tertiary/aromatic N) is 2. The molecule has 0 saturated heterocycles. The Kier molecular flexibility index (Phi) is 6.00. The number of hydrogen-bond acceptors (Lipinski definition) is 4. The second-order valence-corrected chi connectivity index (χ2v) is 8.92. The second-order valence-electron chi connectivity index (χ2n) is 8.51. The molecule has 0 unspecified atom stereocenters. The zero-order valence-electron chi connectivity index (χ0n) is 19.4. The summed E-state index contributed by atoms with van der Waals surface area (Å²) in [5.74, 6) is -0.786. The van der Waals surface area contributed by atoms with Crippen LogP contribution in [-0.2, 0) is 9.59 Å². The molecule has 0 radical (unpaired) electrons. The van der Waals surface area contributed by atoms with Gasteiger partial charge >= 0.3 is 0 Å². The van der Waals surface area contributed by atoms with Crippen molar-refractivity contribution in [1.29, 1.82) is 0 Å². The lowest BCUT2D eigenvalue weighted by atomic mass is 9.97. The van der Waals surface area contributed by atoms with Gasteiger partial charge in [0, 0.05) is 30.5 Å². The van der Waals surface area contributed by atoms with Crippen LogP contribution in [0, 0.1) is 20.8 Å². The molecule has 0 fully saturated rings. The number of anilines is 3. The van der Waals surface area contributed by atoms with E-state index in [1.165, 1.54) is 4.90 Å². The Morgan fingerprint density at radius 2 is 1.52 bits per heavy atom. The molecule has 1 heterocycles. The van der Waals surface area contributed by atoms with E-state index in [4.69, 9.17) is 11.6 Å². The predicted octanol–water partition coefficient (Wildman–Crippen LogP) is 5.73. The summed E-state index contributed by atoms with van der Waals surface area (Å²) >= 11 is 6.31. The topological polar surface area (TPSA) is 52.7 Å². The van der Waals surface area contributed by atoms with E-state index >= 15 is 0 Å². The molecule has 0 aliphatic carbocycles. The molecule has 168 valence electrons. The Labute approximate surface area is 199 Å². The summed E-state index contributed by atoms with van der Waals surface area (Å²) in [7, 11) is 3.93. The van der Waals surface area contributed by atoms with Gasteiger partial charge in [0.25, 0.3) is 11.8 Å². The van der Waals surface area contributed by atoms with Gasteiger partial charge in [-0.05, 0) is 73.9 Å². The summed E-state index contributed by atoms with van der Waals surface area (Å²) in [6, 6.07) is 18.8. The molecule has 5 nitrogen and oxygen atoms in total. The SMILES string of the molecule is Cc1ccc(C2=C(Nc3ccc(N(C)C)cc3)C(=O)N(c3ccc(C)c(Cl)c3)C2=O)c(C)c1. The lowest BCUT2D eigenvalue weighted by Crippen LogP contribution is -2.32. The van der Waals surface area contributed by atoms with E-state index in [0.29, 0.717) is 16.3 Å². The van der Waals surface area contributed by atoms with Crippen molar-refractivity contribution < 1.29 is 9.59 Å². The number of hydrogen-bond donors (Lipinski definition) is 1. The molecule has 0 bridgehead atoms. The first kappa shape index (κ1) is 22.6. The summed E-state index contributed by atoms with van der Waals surface area (Å²) in [5.41, 5.74) is 6.43. The first-order valence-electron chi connectivity index (χ1n) is 10.7. The third-order valence-electron chi connectivity index (χ3n) is 5.80. The van der Waals surface area contributed by atoms with Crippen LogP contribution >= 0.6 is 11.6 Å². The first-order valence-corrected chi connectivity index (χ1v) is 11.1. The summed E-state index contributed by atoms with van der Waals surface area (Å²) in [6.45, 7) is 5.82. The lowest BCUT2D eigenvalue weighted by Gasteiger charge is -2.17. The maximum Gasteiger partial charge on any atom is 0.282 e. The molecule has 4 rings (SSSR count). The molecule has 1 aliphatic heterocycles. The minimum Gasteiger partial charge on any atom is -0.378 e. The van der Waals surface area contributed by atoms with Crippen molar-refractivity contribution in [2.24, 2.45) is 0 Å². The quantitative estimate of drug-likeness (QED) is 0.495. The molecule has 33 heavy (non-hydrogen) atoms. The first-order chi connectivity index (χ1) is 15.7. The predicted molar refractivity (Wildman–Crippen MR) is 136 cm³/mol. The average molecular weight is 460 g/mol. The molecular weight excluding hydrogens is 434 g/mol. The monoisotopic (exact) mass is 459 g/mol. The number of benzene rings is 3. The van der Waals surface area contributed by atoms with Crippen molar-refractivity contribution in [3.8, 4) is 0 Å². The molecule has 0 atom stereocenters. The fourth-order valence-electron chi connectivity index (χ4n) is 3.93. The van der Waals surface area contributed by atoms with E-state index in [0.717, 1.165) is 33.6 Å². The number of aryl methyl sites for hydroxylation is 3. The van der Waals surface area contributed by atoms with Crippen molar-refractivity contribution in [2.75, 3.05) is 29.2 Å². The zero-order valence-corrected chi connectivity index (χ0v) is 20.1. The molecule has 0 spiro atoms. The van der Waals surface area contributed by atoms with Gasteiger partial charge in [-0.2, -0.15) is 0 Å². The highest BCUT2D eigenvalue weighted by Crippen LogP contribution is 2.36. The Hall–Kier alpha value is -3.57.